The zero-order valence-corrected chi connectivity index (χ0v) is 12.8. The van der Waals surface area contributed by atoms with Gasteiger partial charge in [-0.05, 0) is 31.0 Å². The highest BCUT2D eigenvalue weighted by molar-refractivity contribution is 9.10. The second-order valence-electron chi connectivity index (χ2n) is 4.10. The minimum atomic E-state index is -0.534. The molecule has 0 radical (unpaired) electrons. The molecule has 1 N–H and O–H groups in total. The van der Waals surface area contributed by atoms with Gasteiger partial charge in [0, 0.05) is 4.47 Å². The van der Waals surface area contributed by atoms with Gasteiger partial charge in [-0.25, -0.2) is 9.36 Å². The second-order valence-corrected chi connectivity index (χ2v) is 5.33. The summed E-state index contributed by atoms with van der Waals surface area (Å²) in [4.78, 5) is 26.9. The van der Waals surface area contributed by atoms with Crippen LogP contribution in [0.4, 0.5) is 0 Å². The van der Waals surface area contributed by atoms with Crippen LogP contribution in [0, 0.1) is 6.92 Å². The maximum absolute atomic E-state index is 12.3. The number of H-pyrrole nitrogens is 1. The number of aromatic nitrogens is 2. The zero-order valence-electron chi connectivity index (χ0n) is 10.5. The molecule has 1 aromatic carbocycles. The first-order chi connectivity index (χ1) is 8.97. The zero-order chi connectivity index (χ0) is 14.2. The first kappa shape index (κ1) is 14.1. The van der Waals surface area contributed by atoms with E-state index in [1.54, 1.807) is 12.1 Å². The van der Waals surface area contributed by atoms with Crippen LogP contribution in [0.1, 0.15) is 18.1 Å². The summed E-state index contributed by atoms with van der Waals surface area (Å²) in [6.07, 6.45) is 0.460. The second kappa shape index (κ2) is 5.35. The van der Waals surface area contributed by atoms with Crippen LogP contribution in [0.2, 0.25) is 5.15 Å². The van der Waals surface area contributed by atoms with Crippen molar-refractivity contribution in [1.29, 1.82) is 0 Å². The largest absolute Gasteiger partial charge is 0.334 e. The Labute approximate surface area is 123 Å². The summed E-state index contributed by atoms with van der Waals surface area (Å²) < 4.78 is 1.95. The number of nitrogens with zero attached hydrogens (tertiary/aromatic N) is 1. The lowest BCUT2D eigenvalue weighted by molar-refractivity contribution is 0.836. The third kappa shape index (κ3) is 2.40. The van der Waals surface area contributed by atoms with Crippen LogP contribution in [-0.2, 0) is 6.42 Å². The standard InChI is InChI=1S/C13H12BrClN2O2/c1-3-8-11(15)16-13(19)17(12(8)18)10-6-4-5-9(14)7(10)2/h4-6H,3H2,1-2H3,(H,16,19). The van der Waals surface area contributed by atoms with Crippen LogP contribution >= 0.6 is 27.5 Å². The Morgan fingerprint density at radius 3 is 2.68 bits per heavy atom. The van der Waals surface area contributed by atoms with Crippen molar-refractivity contribution in [3.63, 3.8) is 0 Å². The molecule has 100 valence electrons. The first-order valence-electron chi connectivity index (χ1n) is 5.76. The fourth-order valence-electron chi connectivity index (χ4n) is 1.91. The number of hydrogen-bond donors (Lipinski definition) is 1. The van der Waals surface area contributed by atoms with E-state index in [4.69, 9.17) is 11.6 Å². The number of benzene rings is 1. The van der Waals surface area contributed by atoms with Crippen molar-refractivity contribution in [2.24, 2.45) is 0 Å². The van der Waals surface area contributed by atoms with E-state index in [0.717, 1.165) is 14.6 Å². The van der Waals surface area contributed by atoms with E-state index in [1.165, 1.54) is 0 Å². The number of aromatic amines is 1. The van der Waals surface area contributed by atoms with E-state index in [1.807, 2.05) is 19.9 Å². The van der Waals surface area contributed by atoms with E-state index in [9.17, 15) is 9.59 Å². The SMILES string of the molecule is CCc1c(Cl)[nH]c(=O)n(-c2cccc(Br)c2C)c1=O. The Morgan fingerprint density at radius 2 is 2.05 bits per heavy atom. The molecule has 1 heterocycles. The molecule has 0 aliphatic rings. The van der Waals surface area contributed by atoms with Crippen molar-refractivity contribution in [3.8, 4) is 5.69 Å². The molecule has 0 saturated carbocycles. The highest BCUT2D eigenvalue weighted by atomic mass is 79.9. The smallest absolute Gasteiger partial charge is 0.297 e. The quantitative estimate of drug-likeness (QED) is 0.853. The van der Waals surface area contributed by atoms with Gasteiger partial charge in [-0.2, -0.15) is 0 Å². The van der Waals surface area contributed by atoms with Gasteiger partial charge >= 0.3 is 5.69 Å². The molecule has 19 heavy (non-hydrogen) atoms. The molecular formula is C13H12BrClN2O2. The molecule has 0 spiro atoms. The predicted molar refractivity (Wildman–Crippen MR) is 79.5 cm³/mol. The molecule has 0 saturated heterocycles. The Bertz CT molecular complexity index is 749. The van der Waals surface area contributed by atoms with Gasteiger partial charge in [-0.3, -0.25) is 9.78 Å². The van der Waals surface area contributed by atoms with E-state index in [2.05, 4.69) is 20.9 Å². The third-order valence-corrected chi connectivity index (χ3v) is 4.16. The molecule has 0 atom stereocenters. The minimum Gasteiger partial charge on any atom is -0.297 e. The van der Waals surface area contributed by atoms with Crippen molar-refractivity contribution in [3.05, 3.63) is 59.8 Å². The molecule has 0 bridgehead atoms. The lowest BCUT2D eigenvalue weighted by Crippen LogP contribution is -2.36. The van der Waals surface area contributed by atoms with E-state index < -0.39 is 5.69 Å². The van der Waals surface area contributed by atoms with Crippen LogP contribution in [0.5, 0.6) is 0 Å². The molecule has 0 aliphatic heterocycles. The Morgan fingerprint density at radius 1 is 1.37 bits per heavy atom. The lowest BCUT2D eigenvalue weighted by atomic mass is 10.2. The lowest BCUT2D eigenvalue weighted by Gasteiger charge is -2.11. The van der Waals surface area contributed by atoms with E-state index >= 15 is 0 Å². The third-order valence-electron chi connectivity index (χ3n) is 2.98. The summed E-state index contributed by atoms with van der Waals surface area (Å²) in [6, 6.07) is 5.36. The van der Waals surface area contributed by atoms with Crippen molar-refractivity contribution >= 4 is 27.5 Å². The van der Waals surface area contributed by atoms with Gasteiger partial charge in [-0.1, -0.05) is 40.5 Å². The maximum Gasteiger partial charge on any atom is 0.334 e. The topological polar surface area (TPSA) is 54.9 Å². The fourth-order valence-corrected chi connectivity index (χ4v) is 2.56. The van der Waals surface area contributed by atoms with Gasteiger partial charge in [0.2, 0.25) is 0 Å². The van der Waals surface area contributed by atoms with Crippen LogP contribution in [0.15, 0.2) is 32.3 Å². The number of nitrogens with one attached hydrogen (secondary N) is 1. The van der Waals surface area contributed by atoms with Gasteiger partial charge in [0.15, 0.2) is 0 Å². The predicted octanol–water partition coefficient (Wildman–Crippen LogP) is 2.81. The van der Waals surface area contributed by atoms with Crippen LogP contribution in [-0.4, -0.2) is 9.55 Å². The average molecular weight is 344 g/mol. The summed E-state index contributed by atoms with van der Waals surface area (Å²) >= 11 is 9.28. The van der Waals surface area contributed by atoms with Crippen molar-refractivity contribution in [2.45, 2.75) is 20.3 Å². The summed E-state index contributed by atoms with van der Waals surface area (Å²) in [6.45, 7) is 3.66. The Hall–Kier alpha value is -1.33. The molecule has 6 heteroatoms. The van der Waals surface area contributed by atoms with Gasteiger partial charge < -0.3 is 0 Å². The fraction of sp³-hybridized carbons (Fsp3) is 0.231. The van der Waals surface area contributed by atoms with Crippen molar-refractivity contribution < 1.29 is 0 Å². The maximum atomic E-state index is 12.3. The number of rotatable bonds is 2. The average Bonchev–Trinajstić information content (AvgIpc) is 2.34. The molecule has 2 rings (SSSR count). The van der Waals surface area contributed by atoms with Gasteiger partial charge in [0.05, 0.1) is 11.3 Å². The van der Waals surface area contributed by atoms with Crippen molar-refractivity contribution in [1.82, 2.24) is 9.55 Å². The van der Waals surface area contributed by atoms with Crippen LogP contribution in [0.3, 0.4) is 0 Å². The van der Waals surface area contributed by atoms with Gasteiger partial charge in [-0.15, -0.1) is 0 Å². The number of halogens is 2. The van der Waals surface area contributed by atoms with Crippen molar-refractivity contribution in [2.75, 3.05) is 0 Å². The van der Waals surface area contributed by atoms with Crippen LogP contribution < -0.4 is 11.2 Å². The number of hydrogen-bond acceptors (Lipinski definition) is 2. The Balaban J connectivity index is 2.88. The molecule has 4 nitrogen and oxygen atoms in total. The molecule has 0 aliphatic carbocycles. The van der Waals surface area contributed by atoms with Crippen LogP contribution in [0.25, 0.3) is 5.69 Å². The Kier molecular flexibility index (Phi) is 3.96. The first-order valence-corrected chi connectivity index (χ1v) is 6.93. The van der Waals surface area contributed by atoms with Gasteiger partial charge in [0.25, 0.3) is 5.56 Å². The highest BCUT2D eigenvalue weighted by Crippen LogP contribution is 2.21. The van der Waals surface area contributed by atoms with E-state index in [0.29, 0.717) is 17.7 Å². The van der Waals surface area contributed by atoms with E-state index in [-0.39, 0.29) is 10.7 Å². The summed E-state index contributed by atoms with van der Waals surface area (Å²) in [7, 11) is 0. The molecule has 0 unspecified atom stereocenters. The summed E-state index contributed by atoms with van der Waals surface area (Å²) in [5.41, 5.74) is 0.859. The molecule has 0 fully saturated rings. The summed E-state index contributed by atoms with van der Waals surface area (Å²) in [5.74, 6) is 0. The monoisotopic (exact) mass is 342 g/mol. The molecule has 2 aromatic rings. The summed E-state index contributed by atoms with van der Waals surface area (Å²) in [5, 5.41) is 0.112. The normalized spacial score (nSPS) is 10.7. The minimum absolute atomic E-state index is 0.112. The molecule has 0 amide bonds. The molecular weight excluding hydrogens is 332 g/mol. The van der Waals surface area contributed by atoms with Gasteiger partial charge in [0.1, 0.15) is 5.15 Å². The highest BCUT2D eigenvalue weighted by Gasteiger charge is 2.14. The molecule has 1 aromatic heterocycles.